The Morgan fingerprint density at radius 1 is 1.30 bits per heavy atom. The SMILES string of the molecule is CCC1(C(=O)OC)CC(=O)N(c2cc(C)cc(C)c2)C1. The first kappa shape index (κ1) is 14.6. The minimum atomic E-state index is -0.705. The Hall–Kier alpha value is -1.84. The minimum absolute atomic E-state index is 0.0118. The fourth-order valence-corrected chi connectivity index (χ4v) is 2.91. The van der Waals surface area contributed by atoms with Crippen molar-refractivity contribution < 1.29 is 14.3 Å². The van der Waals surface area contributed by atoms with E-state index in [1.807, 2.05) is 32.9 Å². The monoisotopic (exact) mass is 275 g/mol. The van der Waals surface area contributed by atoms with Gasteiger partial charge < -0.3 is 9.64 Å². The summed E-state index contributed by atoms with van der Waals surface area (Å²) in [6.45, 7) is 6.34. The maximum atomic E-state index is 12.3. The van der Waals surface area contributed by atoms with Crippen LogP contribution in [0, 0.1) is 19.3 Å². The molecule has 20 heavy (non-hydrogen) atoms. The molecule has 0 aliphatic carbocycles. The molecule has 2 rings (SSSR count). The quantitative estimate of drug-likeness (QED) is 0.797. The lowest BCUT2D eigenvalue weighted by molar-refractivity contribution is -0.152. The molecule has 0 saturated carbocycles. The standard InChI is InChI=1S/C16H21NO3/c1-5-16(15(19)20-4)9-14(18)17(10-16)13-7-11(2)6-12(3)8-13/h6-8H,5,9-10H2,1-4H3. The summed E-state index contributed by atoms with van der Waals surface area (Å²) in [5, 5.41) is 0. The Morgan fingerprint density at radius 2 is 1.90 bits per heavy atom. The van der Waals surface area contributed by atoms with E-state index in [1.54, 1.807) is 4.90 Å². The molecule has 0 N–H and O–H groups in total. The highest BCUT2D eigenvalue weighted by Gasteiger charge is 2.48. The van der Waals surface area contributed by atoms with E-state index >= 15 is 0 Å². The molecule has 1 atom stereocenters. The van der Waals surface area contributed by atoms with Crippen LogP contribution in [-0.4, -0.2) is 25.5 Å². The molecule has 4 nitrogen and oxygen atoms in total. The van der Waals surface area contributed by atoms with Crippen LogP contribution in [-0.2, 0) is 14.3 Å². The summed E-state index contributed by atoms with van der Waals surface area (Å²) in [6, 6.07) is 6.03. The molecule has 1 heterocycles. The summed E-state index contributed by atoms with van der Waals surface area (Å²) >= 11 is 0. The molecule has 1 fully saturated rings. The number of esters is 1. The second-order valence-corrected chi connectivity index (χ2v) is 5.63. The summed E-state index contributed by atoms with van der Waals surface area (Å²) < 4.78 is 4.89. The van der Waals surface area contributed by atoms with Gasteiger partial charge in [0.25, 0.3) is 0 Å². The van der Waals surface area contributed by atoms with Crippen LogP contribution in [0.4, 0.5) is 5.69 Å². The second-order valence-electron chi connectivity index (χ2n) is 5.63. The molecular weight excluding hydrogens is 254 g/mol. The van der Waals surface area contributed by atoms with Crippen molar-refractivity contribution in [3.05, 3.63) is 29.3 Å². The van der Waals surface area contributed by atoms with Crippen LogP contribution >= 0.6 is 0 Å². The van der Waals surface area contributed by atoms with E-state index in [9.17, 15) is 9.59 Å². The predicted molar refractivity (Wildman–Crippen MR) is 77.6 cm³/mol. The number of amides is 1. The first-order valence-electron chi connectivity index (χ1n) is 6.89. The molecule has 1 unspecified atom stereocenters. The van der Waals surface area contributed by atoms with Crippen LogP contribution in [0.5, 0.6) is 0 Å². The predicted octanol–water partition coefficient (Wildman–Crippen LogP) is 2.61. The van der Waals surface area contributed by atoms with E-state index in [4.69, 9.17) is 4.74 Å². The molecule has 0 bridgehead atoms. The first-order valence-corrected chi connectivity index (χ1v) is 6.89. The zero-order chi connectivity index (χ0) is 14.9. The average molecular weight is 275 g/mol. The molecule has 1 aromatic carbocycles. The molecule has 1 saturated heterocycles. The van der Waals surface area contributed by atoms with Crippen LogP contribution in [0.3, 0.4) is 0 Å². The van der Waals surface area contributed by atoms with Crippen LogP contribution in [0.2, 0.25) is 0 Å². The highest BCUT2D eigenvalue weighted by atomic mass is 16.5. The summed E-state index contributed by atoms with van der Waals surface area (Å²) in [5.41, 5.74) is 2.38. The van der Waals surface area contributed by atoms with Crippen molar-refractivity contribution in [3.8, 4) is 0 Å². The number of anilines is 1. The minimum Gasteiger partial charge on any atom is -0.469 e. The van der Waals surface area contributed by atoms with Crippen molar-refractivity contribution in [1.29, 1.82) is 0 Å². The summed E-state index contributed by atoms with van der Waals surface area (Å²) in [5.74, 6) is -0.303. The fourth-order valence-electron chi connectivity index (χ4n) is 2.91. The molecule has 0 radical (unpaired) electrons. The maximum Gasteiger partial charge on any atom is 0.314 e. The van der Waals surface area contributed by atoms with Gasteiger partial charge in [0.2, 0.25) is 5.91 Å². The van der Waals surface area contributed by atoms with Crippen molar-refractivity contribution in [1.82, 2.24) is 0 Å². The molecule has 1 aromatic rings. The highest BCUT2D eigenvalue weighted by Crippen LogP contribution is 2.38. The lowest BCUT2D eigenvalue weighted by atomic mass is 9.84. The van der Waals surface area contributed by atoms with E-state index in [-0.39, 0.29) is 18.3 Å². The molecule has 0 spiro atoms. The van der Waals surface area contributed by atoms with Gasteiger partial charge in [-0.2, -0.15) is 0 Å². The number of hydrogen-bond donors (Lipinski definition) is 0. The second kappa shape index (κ2) is 5.27. The normalized spacial score (nSPS) is 22.2. The topological polar surface area (TPSA) is 46.6 Å². The van der Waals surface area contributed by atoms with Gasteiger partial charge in [0.05, 0.1) is 12.5 Å². The number of carbonyl (C=O) groups is 2. The van der Waals surface area contributed by atoms with Gasteiger partial charge in [-0.1, -0.05) is 13.0 Å². The summed E-state index contributed by atoms with van der Waals surface area (Å²) in [4.78, 5) is 26.0. The highest BCUT2D eigenvalue weighted by molar-refractivity contribution is 6.01. The van der Waals surface area contributed by atoms with Crippen molar-refractivity contribution in [3.63, 3.8) is 0 Å². The Labute approximate surface area is 119 Å². The Kier molecular flexibility index (Phi) is 3.84. The van der Waals surface area contributed by atoms with Gasteiger partial charge in [-0.3, -0.25) is 9.59 Å². The smallest absolute Gasteiger partial charge is 0.314 e. The maximum absolute atomic E-state index is 12.3. The van der Waals surface area contributed by atoms with E-state index < -0.39 is 5.41 Å². The molecule has 4 heteroatoms. The van der Waals surface area contributed by atoms with Crippen molar-refractivity contribution in [2.45, 2.75) is 33.6 Å². The number of aryl methyl sites for hydroxylation is 2. The zero-order valence-corrected chi connectivity index (χ0v) is 12.5. The molecule has 0 aromatic heterocycles. The van der Waals surface area contributed by atoms with Gasteiger partial charge in [0.15, 0.2) is 0 Å². The first-order chi connectivity index (χ1) is 9.41. The molecule has 1 aliphatic rings. The number of nitrogens with zero attached hydrogens (tertiary/aromatic N) is 1. The lowest BCUT2D eigenvalue weighted by Crippen LogP contribution is -2.35. The van der Waals surface area contributed by atoms with Crippen molar-refractivity contribution in [2.75, 3.05) is 18.6 Å². The Bertz CT molecular complexity index is 532. The fraction of sp³-hybridized carbons (Fsp3) is 0.500. The van der Waals surface area contributed by atoms with Gasteiger partial charge in [0.1, 0.15) is 0 Å². The lowest BCUT2D eigenvalue weighted by Gasteiger charge is -2.24. The van der Waals surface area contributed by atoms with E-state index in [1.165, 1.54) is 7.11 Å². The third-order valence-electron chi connectivity index (χ3n) is 4.06. The number of carbonyl (C=O) groups excluding carboxylic acids is 2. The number of ether oxygens (including phenoxy) is 1. The molecule has 108 valence electrons. The van der Waals surface area contributed by atoms with Crippen LogP contribution in [0.1, 0.15) is 30.9 Å². The van der Waals surface area contributed by atoms with Gasteiger partial charge in [-0.15, -0.1) is 0 Å². The molecular formula is C16H21NO3. The third-order valence-corrected chi connectivity index (χ3v) is 4.06. The van der Waals surface area contributed by atoms with Crippen LogP contribution < -0.4 is 4.90 Å². The van der Waals surface area contributed by atoms with Gasteiger partial charge >= 0.3 is 5.97 Å². The third kappa shape index (κ3) is 2.42. The largest absolute Gasteiger partial charge is 0.469 e. The zero-order valence-electron chi connectivity index (χ0n) is 12.5. The van der Waals surface area contributed by atoms with Crippen LogP contribution in [0.25, 0.3) is 0 Å². The van der Waals surface area contributed by atoms with Gasteiger partial charge in [0, 0.05) is 18.7 Å². The van der Waals surface area contributed by atoms with Crippen molar-refractivity contribution in [2.24, 2.45) is 5.41 Å². The molecule has 1 amide bonds. The number of methoxy groups -OCH3 is 1. The van der Waals surface area contributed by atoms with E-state index in [2.05, 4.69) is 6.07 Å². The van der Waals surface area contributed by atoms with Gasteiger partial charge in [-0.05, 0) is 43.5 Å². The van der Waals surface area contributed by atoms with E-state index in [0.717, 1.165) is 16.8 Å². The average Bonchev–Trinajstić information content (AvgIpc) is 2.75. The van der Waals surface area contributed by atoms with Crippen molar-refractivity contribution >= 4 is 17.6 Å². The van der Waals surface area contributed by atoms with Crippen LogP contribution in [0.15, 0.2) is 18.2 Å². The summed E-state index contributed by atoms with van der Waals surface area (Å²) in [6.07, 6.45) is 0.829. The summed E-state index contributed by atoms with van der Waals surface area (Å²) in [7, 11) is 1.38. The Balaban J connectivity index is 2.35. The molecule has 1 aliphatic heterocycles. The number of benzene rings is 1. The van der Waals surface area contributed by atoms with E-state index in [0.29, 0.717) is 13.0 Å². The Morgan fingerprint density at radius 3 is 2.40 bits per heavy atom. The van der Waals surface area contributed by atoms with Gasteiger partial charge in [-0.25, -0.2) is 0 Å². The number of rotatable bonds is 3. The number of hydrogen-bond acceptors (Lipinski definition) is 3.